The molecule has 0 aliphatic heterocycles. The molecular formula is C29H32BrFN2O4. The first-order valence-electron chi connectivity index (χ1n) is 12.3. The van der Waals surface area contributed by atoms with E-state index < -0.39 is 11.4 Å². The maximum atomic E-state index is 14.0. The largest absolute Gasteiger partial charge is 0.490 e. The van der Waals surface area contributed by atoms with Crippen LogP contribution in [0.15, 0.2) is 65.3 Å². The third-order valence-corrected chi connectivity index (χ3v) is 6.71. The number of benzene rings is 2. The van der Waals surface area contributed by atoms with E-state index in [0.717, 1.165) is 29.7 Å². The number of carbonyl (C=O) groups is 1. The van der Waals surface area contributed by atoms with Crippen LogP contribution in [0.3, 0.4) is 0 Å². The predicted molar refractivity (Wildman–Crippen MR) is 144 cm³/mol. The maximum absolute atomic E-state index is 14.0. The second-order valence-corrected chi connectivity index (χ2v) is 11.6. The number of aromatic nitrogens is 1. The second kappa shape index (κ2) is 10.7. The van der Waals surface area contributed by atoms with E-state index in [1.165, 1.54) is 12.1 Å². The minimum Gasteiger partial charge on any atom is -0.490 e. The van der Waals surface area contributed by atoms with Gasteiger partial charge in [0.15, 0.2) is 5.82 Å². The van der Waals surface area contributed by atoms with Crippen LogP contribution in [-0.2, 0) is 10.2 Å². The summed E-state index contributed by atoms with van der Waals surface area (Å²) in [6.45, 7) is 9.83. The van der Waals surface area contributed by atoms with Crippen molar-refractivity contribution in [2.45, 2.75) is 70.6 Å². The topological polar surface area (TPSA) is 69.7 Å². The Morgan fingerprint density at radius 1 is 0.919 bits per heavy atom. The molecule has 0 atom stereocenters. The number of nitrogens with one attached hydrogen (secondary N) is 1. The Morgan fingerprint density at radius 3 is 2.05 bits per heavy atom. The van der Waals surface area contributed by atoms with Crippen molar-refractivity contribution >= 4 is 22.0 Å². The Bertz CT molecular complexity index is 1230. The molecule has 6 nitrogen and oxygen atoms in total. The molecule has 1 N–H and O–H groups in total. The highest BCUT2D eigenvalue weighted by Crippen LogP contribution is 2.35. The third kappa shape index (κ3) is 7.01. The van der Waals surface area contributed by atoms with Crippen molar-refractivity contribution in [3.8, 4) is 17.4 Å². The fourth-order valence-electron chi connectivity index (χ4n) is 4.09. The van der Waals surface area contributed by atoms with Gasteiger partial charge >= 0.3 is 6.09 Å². The molecule has 1 aliphatic rings. The number of hydrogen-bond donors (Lipinski definition) is 1. The maximum Gasteiger partial charge on any atom is 0.407 e. The average Bonchev–Trinajstić information content (AvgIpc) is 2.79. The van der Waals surface area contributed by atoms with Gasteiger partial charge in [0.25, 0.3) is 5.88 Å². The first kappa shape index (κ1) is 26.9. The lowest BCUT2D eigenvalue weighted by atomic mass is 9.78. The summed E-state index contributed by atoms with van der Waals surface area (Å²) < 4.78 is 31.5. The molecule has 0 spiro atoms. The zero-order chi connectivity index (χ0) is 26.8. The van der Waals surface area contributed by atoms with Gasteiger partial charge < -0.3 is 19.5 Å². The van der Waals surface area contributed by atoms with Crippen molar-refractivity contribution in [3.63, 3.8) is 0 Å². The first-order valence-corrected chi connectivity index (χ1v) is 13.1. The fraction of sp³-hybridized carbons (Fsp3) is 0.379. The van der Waals surface area contributed by atoms with Crippen LogP contribution in [0.2, 0.25) is 0 Å². The van der Waals surface area contributed by atoms with Crippen LogP contribution >= 0.6 is 15.9 Å². The van der Waals surface area contributed by atoms with E-state index in [0.29, 0.717) is 10.4 Å². The van der Waals surface area contributed by atoms with Crippen LogP contribution in [0.5, 0.6) is 17.4 Å². The summed E-state index contributed by atoms with van der Waals surface area (Å²) >= 11 is 3.23. The molecule has 0 unspecified atom stereocenters. The van der Waals surface area contributed by atoms with Crippen molar-refractivity contribution in [3.05, 3.63) is 82.2 Å². The number of ether oxygens (including phenoxy) is 3. The van der Waals surface area contributed by atoms with Crippen molar-refractivity contribution in [2.75, 3.05) is 0 Å². The van der Waals surface area contributed by atoms with Gasteiger partial charge in [0, 0.05) is 24.3 Å². The number of alkyl carbamates (subject to hydrolysis) is 1. The predicted octanol–water partition coefficient (Wildman–Crippen LogP) is 7.54. The number of carbonyl (C=O) groups excluding carboxylic acids is 1. The summed E-state index contributed by atoms with van der Waals surface area (Å²) in [6.07, 6.45) is 1.18. The molecule has 196 valence electrons. The smallest absolute Gasteiger partial charge is 0.407 e. The average molecular weight is 571 g/mol. The zero-order valence-corrected chi connectivity index (χ0v) is 23.3. The number of amides is 1. The van der Waals surface area contributed by atoms with Gasteiger partial charge in [-0.15, -0.1) is 0 Å². The number of pyridine rings is 1. The van der Waals surface area contributed by atoms with E-state index >= 15 is 0 Å². The van der Waals surface area contributed by atoms with Crippen molar-refractivity contribution in [1.82, 2.24) is 10.3 Å². The van der Waals surface area contributed by atoms with Gasteiger partial charge in [-0.25, -0.2) is 14.2 Å². The molecule has 3 aromatic rings. The number of rotatable bonds is 7. The van der Waals surface area contributed by atoms with Gasteiger partial charge in [-0.2, -0.15) is 0 Å². The Hall–Kier alpha value is -3.13. The van der Waals surface area contributed by atoms with Crippen LogP contribution in [-0.4, -0.2) is 28.8 Å². The zero-order valence-electron chi connectivity index (χ0n) is 21.7. The molecule has 1 amide bonds. The van der Waals surface area contributed by atoms with E-state index in [4.69, 9.17) is 14.2 Å². The van der Waals surface area contributed by atoms with Crippen LogP contribution in [0.1, 0.15) is 58.6 Å². The molecule has 1 aromatic heterocycles. The van der Waals surface area contributed by atoms with E-state index in [1.54, 1.807) is 0 Å². The third-order valence-electron chi connectivity index (χ3n) is 6.26. The molecule has 8 heteroatoms. The Kier molecular flexibility index (Phi) is 7.78. The highest BCUT2D eigenvalue weighted by molar-refractivity contribution is 9.10. The minimum absolute atomic E-state index is 0.0657. The Labute approximate surface area is 225 Å². The van der Waals surface area contributed by atoms with Gasteiger partial charge in [-0.05, 0) is 84.2 Å². The van der Waals surface area contributed by atoms with Gasteiger partial charge in [-0.1, -0.05) is 38.1 Å². The molecular weight excluding hydrogens is 539 g/mol. The molecule has 0 radical (unpaired) electrons. The highest BCUT2D eigenvalue weighted by atomic mass is 79.9. The highest BCUT2D eigenvalue weighted by Gasteiger charge is 2.33. The fourth-order valence-corrected chi connectivity index (χ4v) is 4.38. The van der Waals surface area contributed by atoms with Crippen molar-refractivity contribution in [2.24, 2.45) is 0 Å². The summed E-state index contributed by atoms with van der Waals surface area (Å²) in [5, 5.41) is 2.88. The SMILES string of the molecule is CC(C)(C)OC(=O)NC1CC(Oc2ccc(C(C)(C)c3ccc(Oc4nc(Br)ccc4F)cc3)cc2)C1. The molecule has 4 rings (SSSR count). The molecule has 37 heavy (non-hydrogen) atoms. The number of halogens is 2. The lowest BCUT2D eigenvalue weighted by Gasteiger charge is -2.36. The molecule has 1 fully saturated rings. The van der Waals surface area contributed by atoms with E-state index in [-0.39, 0.29) is 29.5 Å². The second-order valence-electron chi connectivity index (χ2n) is 10.8. The number of nitrogens with zero attached hydrogens (tertiary/aromatic N) is 1. The van der Waals surface area contributed by atoms with Crippen molar-refractivity contribution in [1.29, 1.82) is 0 Å². The quantitative estimate of drug-likeness (QED) is 0.297. The van der Waals surface area contributed by atoms with Crippen LogP contribution in [0, 0.1) is 5.82 Å². The Morgan fingerprint density at radius 2 is 1.49 bits per heavy atom. The van der Waals surface area contributed by atoms with Crippen LogP contribution in [0.4, 0.5) is 9.18 Å². The molecule has 0 bridgehead atoms. The summed E-state index contributed by atoms with van der Waals surface area (Å²) in [7, 11) is 0. The summed E-state index contributed by atoms with van der Waals surface area (Å²) in [5.74, 6) is 0.711. The van der Waals surface area contributed by atoms with Gasteiger partial charge in [-0.3, -0.25) is 0 Å². The van der Waals surface area contributed by atoms with Crippen LogP contribution < -0.4 is 14.8 Å². The summed E-state index contributed by atoms with van der Waals surface area (Å²) in [4.78, 5) is 15.9. The van der Waals surface area contributed by atoms with E-state index in [2.05, 4.69) is 52.2 Å². The van der Waals surface area contributed by atoms with E-state index in [9.17, 15) is 9.18 Å². The lowest BCUT2D eigenvalue weighted by Crippen LogP contribution is -2.50. The molecule has 2 aromatic carbocycles. The monoisotopic (exact) mass is 570 g/mol. The van der Waals surface area contributed by atoms with E-state index in [1.807, 2.05) is 57.2 Å². The standard InChI is InChI=1S/C29H32BrFN2O4/c1-28(2,3)37-27(34)32-20-16-23(17-20)35-21-10-6-18(7-11-21)29(4,5)19-8-12-22(13-9-19)36-26-24(31)14-15-25(30)33-26/h6-15,20,23H,16-17H2,1-5H3,(H,32,34). The normalized spacial score (nSPS) is 17.5. The van der Waals surface area contributed by atoms with Crippen molar-refractivity contribution < 1.29 is 23.4 Å². The molecule has 0 saturated heterocycles. The first-order chi connectivity index (χ1) is 17.4. The van der Waals surface area contributed by atoms with Gasteiger partial charge in [0.2, 0.25) is 0 Å². The number of hydrogen-bond acceptors (Lipinski definition) is 5. The lowest BCUT2D eigenvalue weighted by molar-refractivity contribution is 0.0363. The van der Waals surface area contributed by atoms with Gasteiger partial charge in [0.1, 0.15) is 27.8 Å². The molecule has 1 saturated carbocycles. The molecule has 1 aliphatic carbocycles. The van der Waals surface area contributed by atoms with Gasteiger partial charge in [0.05, 0.1) is 0 Å². The summed E-state index contributed by atoms with van der Waals surface area (Å²) in [6, 6.07) is 18.6. The summed E-state index contributed by atoms with van der Waals surface area (Å²) in [5.41, 5.74) is 1.44. The van der Waals surface area contributed by atoms with Crippen LogP contribution in [0.25, 0.3) is 0 Å². The molecule has 1 heterocycles. The minimum atomic E-state index is -0.522. The Balaban J connectivity index is 1.32.